The molecular weight excluding hydrogens is 258 g/mol. The number of hydrogen-bond acceptors (Lipinski definition) is 3. The summed E-state index contributed by atoms with van der Waals surface area (Å²) < 4.78 is 0. The second-order valence-electron chi connectivity index (χ2n) is 4.14. The van der Waals surface area contributed by atoms with Crippen LogP contribution in [0, 0.1) is 0 Å². The zero-order valence-corrected chi connectivity index (χ0v) is 10.9. The van der Waals surface area contributed by atoms with E-state index in [-0.39, 0.29) is 0 Å². The van der Waals surface area contributed by atoms with Crippen LogP contribution in [-0.4, -0.2) is 5.84 Å². The normalized spacial score (nSPS) is 12.4. The molecule has 0 bridgehead atoms. The van der Waals surface area contributed by atoms with Crippen LogP contribution in [0.5, 0.6) is 0 Å². The van der Waals surface area contributed by atoms with Crippen molar-refractivity contribution in [3.05, 3.63) is 65.8 Å². The van der Waals surface area contributed by atoms with E-state index in [0.29, 0.717) is 5.02 Å². The Labute approximate surface area is 116 Å². The number of nitrogens with zero attached hydrogens (tertiary/aromatic N) is 1. The van der Waals surface area contributed by atoms with Crippen LogP contribution in [0.1, 0.15) is 5.56 Å². The Morgan fingerprint density at radius 1 is 1.16 bits per heavy atom. The van der Waals surface area contributed by atoms with Gasteiger partial charge in [0.2, 0.25) is 0 Å². The Morgan fingerprint density at radius 2 is 2.00 bits per heavy atom. The van der Waals surface area contributed by atoms with Gasteiger partial charge in [-0.2, -0.15) is 0 Å². The van der Waals surface area contributed by atoms with E-state index in [4.69, 9.17) is 11.6 Å². The fraction of sp³-hybridized carbons (Fsp3) is 0. The number of halogens is 1. The molecule has 2 aromatic rings. The van der Waals surface area contributed by atoms with Crippen molar-refractivity contribution in [3.63, 3.8) is 0 Å². The Balaban J connectivity index is 2.22. The Hall–Kier alpha value is -2.26. The summed E-state index contributed by atoms with van der Waals surface area (Å²) in [5.41, 5.74) is 3.72. The molecule has 0 saturated carbocycles. The van der Waals surface area contributed by atoms with Gasteiger partial charge < -0.3 is 10.6 Å². The van der Waals surface area contributed by atoms with Crippen molar-refractivity contribution >= 4 is 34.5 Å². The van der Waals surface area contributed by atoms with Crippen LogP contribution >= 0.6 is 11.6 Å². The first-order valence-corrected chi connectivity index (χ1v) is 6.28. The number of amidine groups is 1. The molecule has 3 nitrogen and oxygen atoms in total. The lowest BCUT2D eigenvalue weighted by atomic mass is 10.1. The van der Waals surface area contributed by atoms with E-state index in [1.807, 2.05) is 42.5 Å². The second-order valence-corrected chi connectivity index (χ2v) is 4.58. The standard InChI is InChI=1S/C15H12ClN3/c1-2-17-15-11-5-3-4-6-12(11)18-13-8-7-10(16)9-14(13)19-15/h2-9,18H,1H2,(H,17,19). The number of fused-ring (bicyclic) bond motifs is 2. The predicted molar refractivity (Wildman–Crippen MR) is 80.7 cm³/mol. The first-order valence-electron chi connectivity index (χ1n) is 5.90. The largest absolute Gasteiger partial charge is 0.353 e. The summed E-state index contributed by atoms with van der Waals surface area (Å²) in [6, 6.07) is 13.6. The second kappa shape index (κ2) is 4.78. The van der Waals surface area contributed by atoms with E-state index >= 15 is 0 Å². The molecular formula is C15H12ClN3. The maximum atomic E-state index is 6.03. The minimum Gasteiger partial charge on any atom is -0.353 e. The monoisotopic (exact) mass is 269 g/mol. The van der Waals surface area contributed by atoms with Crippen molar-refractivity contribution < 1.29 is 0 Å². The third-order valence-corrected chi connectivity index (χ3v) is 3.12. The summed E-state index contributed by atoms with van der Waals surface area (Å²) in [4.78, 5) is 4.62. The number of aliphatic imine (C=N–C) groups is 1. The van der Waals surface area contributed by atoms with Crippen molar-refractivity contribution in [2.45, 2.75) is 0 Å². The lowest BCUT2D eigenvalue weighted by Gasteiger charge is -2.09. The number of para-hydroxylation sites is 1. The highest BCUT2D eigenvalue weighted by atomic mass is 35.5. The molecule has 0 radical (unpaired) electrons. The lowest BCUT2D eigenvalue weighted by Crippen LogP contribution is -2.18. The van der Waals surface area contributed by atoms with Gasteiger partial charge in [-0.1, -0.05) is 30.3 Å². The molecule has 0 spiro atoms. The summed E-state index contributed by atoms with van der Waals surface area (Å²) >= 11 is 6.03. The van der Waals surface area contributed by atoms with Gasteiger partial charge in [-0.15, -0.1) is 0 Å². The van der Waals surface area contributed by atoms with Crippen molar-refractivity contribution in [1.29, 1.82) is 0 Å². The summed E-state index contributed by atoms with van der Waals surface area (Å²) in [6.45, 7) is 3.69. The van der Waals surface area contributed by atoms with Crippen molar-refractivity contribution in [1.82, 2.24) is 5.32 Å². The molecule has 0 saturated heterocycles. The van der Waals surface area contributed by atoms with Gasteiger partial charge in [0.15, 0.2) is 0 Å². The molecule has 1 aliphatic heterocycles. The van der Waals surface area contributed by atoms with Crippen molar-refractivity contribution in [2.24, 2.45) is 4.99 Å². The SMILES string of the molecule is C=CNC1=Nc2cc(Cl)ccc2Nc2ccccc21. The van der Waals surface area contributed by atoms with Gasteiger partial charge in [0.25, 0.3) is 0 Å². The number of hydrogen-bond donors (Lipinski definition) is 2. The number of nitrogens with one attached hydrogen (secondary N) is 2. The molecule has 0 amide bonds. The van der Waals surface area contributed by atoms with E-state index in [1.54, 1.807) is 6.20 Å². The highest BCUT2D eigenvalue weighted by Gasteiger charge is 2.15. The lowest BCUT2D eigenvalue weighted by molar-refractivity contribution is 1.26. The smallest absolute Gasteiger partial charge is 0.140 e. The summed E-state index contributed by atoms with van der Waals surface area (Å²) in [5.74, 6) is 0.749. The molecule has 3 rings (SSSR count). The number of anilines is 2. The summed E-state index contributed by atoms with van der Waals surface area (Å²) in [6.07, 6.45) is 1.62. The van der Waals surface area contributed by atoms with E-state index in [9.17, 15) is 0 Å². The van der Waals surface area contributed by atoms with Crippen LogP contribution < -0.4 is 10.6 Å². The molecule has 0 unspecified atom stereocenters. The third-order valence-electron chi connectivity index (χ3n) is 2.88. The van der Waals surface area contributed by atoms with E-state index in [2.05, 4.69) is 22.2 Å². The van der Waals surface area contributed by atoms with Crippen LogP contribution in [0.4, 0.5) is 17.1 Å². The number of rotatable bonds is 1. The minimum atomic E-state index is 0.660. The molecule has 19 heavy (non-hydrogen) atoms. The van der Waals surface area contributed by atoms with Gasteiger partial charge in [0.1, 0.15) is 5.84 Å². The minimum absolute atomic E-state index is 0.660. The third kappa shape index (κ3) is 2.20. The Bertz CT molecular complexity index is 677. The maximum Gasteiger partial charge on any atom is 0.140 e. The van der Waals surface area contributed by atoms with Gasteiger partial charge in [-0.3, -0.25) is 0 Å². The Morgan fingerprint density at radius 3 is 2.84 bits per heavy atom. The van der Waals surface area contributed by atoms with Gasteiger partial charge in [0, 0.05) is 16.3 Å². The van der Waals surface area contributed by atoms with Crippen LogP contribution in [0.15, 0.2) is 60.2 Å². The number of benzene rings is 2. The van der Waals surface area contributed by atoms with Crippen LogP contribution in [0.25, 0.3) is 0 Å². The van der Waals surface area contributed by atoms with E-state index < -0.39 is 0 Å². The van der Waals surface area contributed by atoms with Crippen molar-refractivity contribution in [2.75, 3.05) is 5.32 Å². The van der Waals surface area contributed by atoms with Crippen molar-refractivity contribution in [3.8, 4) is 0 Å². The van der Waals surface area contributed by atoms with Gasteiger partial charge in [-0.05, 0) is 36.5 Å². The molecule has 0 atom stereocenters. The molecule has 1 aliphatic rings. The average Bonchev–Trinajstić information content (AvgIpc) is 2.56. The van der Waals surface area contributed by atoms with E-state index in [1.165, 1.54) is 0 Å². The van der Waals surface area contributed by atoms with Gasteiger partial charge in [-0.25, -0.2) is 4.99 Å². The zero-order chi connectivity index (χ0) is 13.2. The van der Waals surface area contributed by atoms with Crippen LogP contribution in [0.3, 0.4) is 0 Å². The van der Waals surface area contributed by atoms with E-state index in [0.717, 1.165) is 28.5 Å². The average molecular weight is 270 g/mol. The maximum absolute atomic E-state index is 6.03. The molecule has 0 fully saturated rings. The molecule has 1 heterocycles. The van der Waals surface area contributed by atoms with Gasteiger partial charge in [0.05, 0.1) is 11.4 Å². The fourth-order valence-corrected chi connectivity index (χ4v) is 2.20. The first-order chi connectivity index (χ1) is 9.28. The van der Waals surface area contributed by atoms with Crippen LogP contribution in [0.2, 0.25) is 5.02 Å². The summed E-state index contributed by atoms with van der Waals surface area (Å²) in [7, 11) is 0. The first kappa shape index (κ1) is 11.8. The highest BCUT2D eigenvalue weighted by Crippen LogP contribution is 2.35. The van der Waals surface area contributed by atoms with Crippen LogP contribution in [-0.2, 0) is 0 Å². The van der Waals surface area contributed by atoms with Gasteiger partial charge >= 0.3 is 0 Å². The predicted octanol–water partition coefficient (Wildman–Crippen LogP) is 4.21. The quantitative estimate of drug-likeness (QED) is 0.814. The molecule has 94 valence electrons. The summed E-state index contributed by atoms with van der Waals surface area (Å²) in [5, 5.41) is 7.10. The topological polar surface area (TPSA) is 36.4 Å². The Kier molecular flexibility index (Phi) is 2.97. The molecule has 0 aliphatic carbocycles. The fourth-order valence-electron chi connectivity index (χ4n) is 2.03. The molecule has 4 heteroatoms. The highest BCUT2D eigenvalue weighted by molar-refractivity contribution is 6.31. The zero-order valence-electron chi connectivity index (χ0n) is 10.2. The molecule has 2 aromatic carbocycles. The molecule has 2 N–H and O–H groups in total. The molecule has 0 aromatic heterocycles.